The molecule has 176 valence electrons. The van der Waals surface area contributed by atoms with Crippen LogP contribution >= 0.6 is 24.0 Å². The molecule has 10 heteroatoms. The Labute approximate surface area is 201 Å². The third kappa shape index (κ3) is 10.4. The Hall–Kier alpha value is -1.82. The number of morpholine rings is 1. The number of amides is 1. The Morgan fingerprint density at radius 1 is 1.19 bits per heavy atom. The molecule has 0 atom stereocenters. The summed E-state index contributed by atoms with van der Waals surface area (Å²) in [5.41, 5.74) is 0.860. The lowest BCUT2D eigenvalue weighted by atomic mass is 10.1. The summed E-state index contributed by atoms with van der Waals surface area (Å²) >= 11 is 0. The van der Waals surface area contributed by atoms with Crippen molar-refractivity contribution in [1.82, 2.24) is 16.0 Å². The Balaban J connectivity index is 0.00000480. The molecule has 0 aromatic heterocycles. The van der Waals surface area contributed by atoms with Crippen molar-refractivity contribution in [3.63, 3.8) is 0 Å². The van der Waals surface area contributed by atoms with E-state index in [1.165, 1.54) is 6.07 Å². The number of alkyl carbamates (subject to hydrolysis) is 1. The number of nitrogens with one attached hydrogen (secondary N) is 3. The number of hydrogen-bond acceptors (Lipinski definition) is 5. The van der Waals surface area contributed by atoms with Gasteiger partial charge in [0.25, 0.3) is 0 Å². The van der Waals surface area contributed by atoms with Gasteiger partial charge in [0, 0.05) is 32.7 Å². The molecule has 1 aromatic rings. The first kappa shape index (κ1) is 27.2. The van der Waals surface area contributed by atoms with E-state index in [1.807, 2.05) is 38.7 Å². The quantitative estimate of drug-likeness (QED) is 0.209. The lowest BCUT2D eigenvalue weighted by Crippen LogP contribution is -2.42. The Morgan fingerprint density at radius 2 is 1.87 bits per heavy atom. The van der Waals surface area contributed by atoms with Gasteiger partial charge in [0.05, 0.1) is 25.4 Å². The first-order chi connectivity index (χ1) is 14.3. The first-order valence-electron chi connectivity index (χ1n) is 10.4. The fraction of sp³-hybridized carbons (Fsp3) is 0.619. The topological polar surface area (TPSA) is 87.2 Å². The van der Waals surface area contributed by atoms with Gasteiger partial charge in [-0.3, -0.25) is 0 Å². The average Bonchev–Trinajstić information content (AvgIpc) is 2.68. The molecule has 0 saturated carbocycles. The van der Waals surface area contributed by atoms with Crippen molar-refractivity contribution in [1.29, 1.82) is 0 Å². The summed E-state index contributed by atoms with van der Waals surface area (Å²) in [7, 11) is 0. The van der Waals surface area contributed by atoms with E-state index in [-0.39, 0.29) is 29.8 Å². The van der Waals surface area contributed by atoms with E-state index in [4.69, 9.17) is 9.47 Å². The summed E-state index contributed by atoms with van der Waals surface area (Å²) in [5, 5.41) is 8.96. The molecule has 1 fully saturated rings. The van der Waals surface area contributed by atoms with Crippen LogP contribution in [0.25, 0.3) is 0 Å². The molecular weight excluding hydrogens is 516 g/mol. The van der Waals surface area contributed by atoms with Gasteiger partial charge in [-0.05, 0) is 45.4 Å². The molecule has 0 spiro atoms. The molecule has 3 N–H and O–H groups in total. The summed E-state index contributed by atoms with van der Waals surface area (Å²) in [6.45, 7) is 11.9. The van der Waals surface area contributed by atoms with Gasteiger partial charge in [0.15, 0.2) is 5.96 Å². The highest BCUT2D eigenvalue weighted by atomic mass is 127. The zero-order valence-electron chi connectivity index (χ0n) is 18.8. The van der Waals surface area contributed by atoms with Crippen LogP contribution in [-0.4, -0.2) is 63.6 Å². The van der Waals surface area contributed by atoms with E-state index >= 15 is 0 Å². The summed E-state index contributed by atoms with van der Waals surface area (Å²) in [6, 6.07) is 5.23. The first-order valence-corrected chi connectivity index (χ1v) is 10.4. The van der Waals surface area contributed by atoms with Crippen LogP contribution in [0.3, 0.4) is 0 Å². The van der Waals surface area contributed by atoms with Crippen LogP contribution in [0.2, 0.25) is 0 Å². The van der Waals surface area contributed by atoms with Gasteiger partial charge in [-0.25, -0.2) is 14.2 Å². The zero-order chi connectivity index (χ0) is 22.0. The molecule has 2 rings (SSSR count). The van der Waals surface area contributed by atoms with Gasteiger partial charge < -0.3 is 30.3 Å². The second-order valence-corrected chi connectivity index (χ2v) is 7.94. The number of aliphatic imine (C=N–C) groups is 1. The standard InChI is InChI=1S/C21H34FN5O3.HI/c1-5-23-19(24-8-9-25-20(28)30-21(2,3)4)26-15-16-6-7-18(17(22)14-16)27-10-12-29-13-11-27;/h6-7,14H,5,8-13,15H2,1-4H3,(H,25,28)(H2,23,24,26);1H. The summed E-state index contributed by atoms with van der Waals surface area (Å²) in [6.07, 6.45) is -0.456. The van der Waals surface area contributed by atoms with Gasteiger partial charge in [-0.15, -0.1) is 24.0 Å². The molecule has 1 aliphatic heterocycles. The molecule has 31 heavy (non-hydrogen) atoms. The average molecular weight is 551 g/mol. The van der Waals surface area contributed by atoms with Crippen molar-refractivity contribution in [2.24, 2.45) is 4.99 Å². The highest BCUT2D eigenvalue weighted by Crippen LogP contribution is 2.22. The van der Waals surface area contributed by atoms with Gasteiger partial charge in [0.1, 0.15) is 11.4 Å². The minimum absolute atomic E-state index is 0. The van der Waals surface area contributed by atoms with E-state index < -0.39 is 11.7 Å². The van der Waals surface area contributed by atoms with Crippen molar-refractivity contribution in [3.8, 4) is 0 Å². The predicted molar refractivity (Wildman–Crippen MR) is 132 cm³/mol. The number of guanidine groups is 1. The fourth-order valence-corrected chi connectivity index (χ4v) is 2.88. The van der Waals surface area contributed by atoms with Crippen molar-refractivity contribution in [3.05, 3.63) is 29.6 Å². The van der Waals surface area contributed by atoms with Crippen LogP contribution in [0.1, 0.15) is 33.3 Å². The highest BCUT2D eigenvalue weighted by molar-refractivity contribution is 14.0. The van der Waals surface area contributed by atoms with Gasteiger partial charge in [-0.1, -0.05) is 6.07 Å². The maximum absolute atomic E-state index is 14.5. The normalized spacial score (nSPS) is 14.5. The van der Waals surface area contributed by atoms with E-state index in [0.717, 1.165) is 5.56 Å². The number of hydrogen-bond donors (Lipinski definition) is 3. The van der Waals surface area contributed by atoms with E-state index in [9.17, 15) is 9.18 Å². The maximum Gasteiger partial charge on any atom is 0.407 e. The number of nitrogens with zero attached hydrogens (tertiary/aromatic N) is 2. The van der Waals surface area contributed by atoms with E-state index in [2.05, 4.69) is 20.9 Å². The van der Waals surface area contributed by atoms with Crippen LogP contribution in [0.15, 0.2) is 23.2 Å². The van der Waals surface area contributed by atoms with Crippen molar-refractivity contribution in [2.45, 2.75) is 39.8 Å². The summed E-state index contributed by atoms with van der Waals surface area (Å²) in [4.78, 5) is 18.1. The third-order valence-corrected chi connectivity index (χ3v) is 4.21. The molecule has 1 heterocycles. The number of rotatable bonds is 7. The summed E-state index contributed by atoms with van der Waals surface area (Å²) < 4.78 is 25.0. The van der Waals surface area contributed by atoms with E-state index in [1.54, 1.807) is 6.07 Å². The molecule has 1 aromatic carbocycles. The minimum atomic E-state index is -0.527. The Kier molecular flexibility index (Phi) is 11.9. The molecule has 1 saturated heterocycles. The van der Waals surface area contributed by atoms with Crippen molar-refractivity contribution < 1.29 is 18.7 Å². The molecule has 0 unspecified atom stereocenters. The third-order valence-electron chi connectivity index (χ3n) is 4.21. The molecule has 0 bridgehead atoms. The second-order valence-electron chi connectivity index (χ2n) is 7.94. The van der Waals surface area contributed by atoms with Gasteiger partial charge >= 0.3 is 6.09 Å². The molecule has 8 nitrogen and oxygen atoms in total. The minimum Gasteiger partial charge on any atom is -0.444 e. The number of carbonyl (C=O) groups excluding carboxylic acids is 1. The van der Waals surface area contributed by atoms with Crippen LogP contribution in [-0.2, 0) is 16.0 Å². The molecular formula is C21H35FIN5O3. The van der Waals surface area contributed by atoms with Crippen molar-refractivity contribution >= 4 is 41.7 Å². The number of halogens is 2. The summed E-state index contributed by atoms with van der Waals surface area (Å²) in [5.74, 6) is 0.352. The predicted octanol–water partition coefficient (Wildman–Crippen LogP) is 2.86. The van der Waals surface area contributed by atoms with Crippen LogP contribution in [0, 0.1) is 5.82 Å². The van der Waals surface area contributed by atoms with Crippen LogP contribution in [0.4, 0.5) is 14.9 Å². The maximum atomic E-state index is 14.5. The zero-order valence-corrected chi connectivity index (χ0v) is 21.1. The lowest BCUT2D eigenvalue weighted by Gasteiger charge is -2.29. The lowest BCUT2D eigenvalue weighted by molar-refractivity contribution is 0.0529. The Bertz CT molecular complexity index is 721. The smallest absolute Gasteiger partial charge is 0.407 e. The van der Waals surface area contributed by atoms with Crippen LogP contribution < -0.4 is 20.9 Å². The molecule has 1 amide bonds. The van der Waals surface area contributed by atoms with E-state index in [0.29, 0.717) is 64.1 Å². The number of carbonyl (C=O) groups is 1. The van der Waals surface area contributed by atoms with Gasteiger partial charge in [0.2, 0.25) is 0 Å². The molecule has 0 radical (unpaired) electrons. The SMILES string of the molecule is CCNC(=NCc1ccc(N2CCOCC2)c(F)c1)NCCNC(=O)OC(C)(C)C.I. The van der Waals surface area contributed by atoms with Gasteiger partial charge in [-0.2, -0.15) is 0 Å². The molecule has 1 aliphatic rings. The monoisotopic (exact) mass is 551 g/mol. The number of ether oxygens (including phenoxy) is 2. The number of benzene rings is 1. The second kappa shape index (κ2) is 13.6. The highest BCUT2D eigenvalue weighted by Gasteiger charge is 2.16. The van der Waals surface area contributed by atoms with Crippen LogP contribution in [0.5, 0.6) is 0 Å². The fourth-order valence-electron chi connectivity index (χ4n) is 2.88. The Morgan fingerprint density at radius 3 is 2.48 bits per heavy atom. The largest absolute Gasteiger partial charge is 0.444 e. The molecule has 0 aliphatic carbocycles. The number of anilines is 1. The van der Waals surface area contributed by atoms with Crippen molar-refractivity contribution in [2.75, 3.05) is 50.8 Å².